The van der Waals surface area contributed by atoms with Gasteiger partial charge >= 0.3 is 0 Å². The maximum Gasteiger partial charge on any atom is 0.191 e. The minimum atomic E-state index is 0.608. The fourth-order valence-electron chi connectivity index (χ4n) is 3.50. The molecule has 0 unspecified atom stereocenters. The first-order chi connectivity index (χ1) is 14.7. The number of hydrogen-bond donors (Lipinski definition) is 2. The summed E-state index contributed by atoms with van der Waals surface area (Å²) in [4.78, 5) is 9.62. The van der Waals surface area contributed by atoms with Crippen LogP contribution in [-0.4, -0.2) is 62.6 Å². The van der Waals surface area contributed by atoms with Gasteiger partial charge in [-0.1, -0.05) is 36.4 Å². The highest BCUT2D eigenvalue weighted by molar-refractivity contribution is 5.79. The molecule has 0 bridgehead atoms. The molecule has 2 aromatic rings. The second-order valence-electron chi connectivity index (χ2n) is 7.80. The molecular formula is C24H35N5O. The first kappa shape index (κ1) is 22.1. The van der Waals surface area contributed by atoms with Crippen LogP contribution in [0, 0.1) is 0 Å². The van der Waals surface area contributed by atoms with Crippen molar-refractivity contribution in [1.29, 1.82) is 0 Å². The maximum absolute atomic E-state index is 5.29. The summed E-state index contributed by atoms with van der Waals surface area (Å²) in [5, 5.41) is 6.75. The highest BCUT2D eigenvalue weighted by atomic mass is 16.5. The van der Waals surface area contributed by atoms with E-state index in [1.165, 1.54) is 11.1 Å². The highest BCUT2D eigenvalue weighted by Crippen LogP contribution is 2.13. The van der Waals surface area contributed by atoms with Crippen LogP contribution in [0.1, 0.15) is 23.6 Å². The van der Waals surface area contributed by atoms with Crippen molar-refractivity contribution in [1.82, 2.24) is 20.4 Å². The van der Waals surface area contributed by atoms with Gasteiger partial charge in [0.1, 0.15) is 5.75 Å². The molecule has 2 aromatic carbocycles. The Balaban J connectivity index is 1.51. The summed E-state index contributed by atoms with van der Waals surface area (Å²) in [6.45, 7) is 9.91. The lowest BCUT2D eigenvalue weighted by Crippen LogP contribution is -2.43. The van der Waals surface area contributed by atoms with Crippen molar-refractivity contribution in [3.63, 3.8) is 0 Å². The summed E-state index contributed by atoms with van der Waals surface area (Å²) in [5.41, 5.74) is 3.76. The minimum Gasteiger partial charge on any atom is -0.497 e. The molecule has 1 fully saturated rings. The van der Waals surface area contributed by atoms with Crippen LogP contribution in [0.4, 0.5) is 0 Å². The Kier molecular flexibility index (Phi) is 8.53. The molecular weight excluding hydrogens is 374 g/mol. The highest BCUT2D eigenvalue weighted by Gasteiger charge is 2.13. The van der Waals surface area contributed by atoms with Crippen molar-refractivity contribution in [3.8, 4) is 5.75 Å². The van der Waals surface area contributed by atoms with Gasteiger partial charge in [0.25, 0.3) is 0 Å². The molecule has 1 aliphatic rings. The molecule has 6 nitrogen and oxygen atoms in total. The summed E-state index contributed by atoms with van der Waals surface area (Å²) in [6, 6.07) is 16.9. The Hall–Kier alpha value is -2.57. The van der Waals surface area contributed by atoms with Crippen LogP contribution in [0.25, 0.3) is 0 Å². The van der Waals surface area contributed by atoms with E-state index in [4.69, 9.17) is 9.73 Å². The number of likely N-dealkylation sites (N-methyl/N-ethyl adjacent to an activating group) is 1. The van der Waals surface area contributed by atoms with Crippen molar-refractivity contribution in [2.24, 2.45) is 4.99 Å². The maximum atomic E-state index is 5.29. The number of rotatable bonds is 8. The SMILES string of the molecule is CCNC(=NCc1cccc(OC)c1)NCc1ccc(CN2CCN(C)CC2)cc1. The average molecular weight is 410 g/mol. The van der Waals surface area contributed by atoms with E-state index < -0.39 is 0 Å². The predicted octanol–water partition coefficient (Wildman–Crippen LogP) is 2.70. The van der Waals surface area contributed by atoms with Gasteiger partial charge in [0.15, 0.2) is 5.96 Å². The topological polar surface area (TPSA) is 52.1 Å². The van der Waals surface area contributed by atoms with Crippen molar-refractivity contribution in [2.75, 3.05) is 46.9 Å². The predicted molar refractivity (Wildman–Crippen MR) is 124 cm³/mol. The number of guanidine groups is 1. The third-order valence-corrected chi connectivity index (χ3v) is 5.38. The largest absolute Gasteiger partial charge is 0.497 e. The summed E-state index contributed by atoms with van der Waals surface area (Å²) in [6.07, 6.45) is 0. The van der Waals surface area contributed by atoms with Crippen molar-refractivity contribution >= 4 is 5.96 Å². The third-order valence-electron chi connectivity index (χ3n) is 5.38. The van der Waals surface area contributed by atoms with Gasteiger partial charge in [-0.05, 0) is 42.8 Å². The molecule has 30 heavy (non-hydrogen) atoms. The lowest BCUT2D eigenvalue weighted by molar-refractivity contribution is 0.148. The molecule has 1 heterocycles. The van der Waals surface area contributed by atoms with Crippen LogP contribution in [0.5, 0.6) is 5.75 Å². The second kappa shape index (κ2) is 11.6. The van der Waals surface area contributed by atoms with Gasteiger partial charge in [0, 0.05) is 45.8 Å². The lowest BCUT2D eigenvalue weighted by atomic mass is 10.1. The van der Waals surface area contributed by atoms with Crippen molar-refractivity contribution in [2.45, 2.75) is 26.6 Å². The first-order valence-electron chi connectivity index (χ1n) is 10.8. The Bertz CT molecular complexity index is 797. The van der Waals surface area contributed by atoms with Crippen LogP contribution in [0.15, 0.2) is 53.5 Å². The number of benzene rings is 2. The van der Waals surface area contributed by atoms with E-state index in [9.17, 15) is 0 Å². The number of piperazine rings is 1. The van der Waals surface area contributed by atoms with Gasteiger partial charge in [-0.2, -0.15) is 0 Å². The molecule has 0 aliphatic carbocycles. The van der Waals surface area contributed by atoms with E-state index in [1.807, 2.05) is 18.2 Å². The number of aliphatic imine (C=N–C) groups is 1. The molecule has 0 atom stereocenters. The molecule has 0 saturated carbocycles. The molecule has 6 heteroatoms. The summed E-state index contributed by atoms with van der Waals surface area (Å²) in [7, 11) is 3.88. The second-order valence-corrected chi connectivity index (χ2v) is 7.80. The number of methoxy groups -OCH3 is 1. The normalized spacial score (nSPS) is 15.8. The standard InChI is InChI=1S/C24H35N5O/c1-4-25-24(27-18-22-6-5-7-23(16-22)30-3)26-17-20-8-10-21(11-9-20)19-29-14-12-28(2)13-15-29/h5-11,16H,4,12-15,17-19H2,1-3H3,(H2,25,26,27). The van der Waals surface area contributed by atoms with Crippen molar-refractivity contribution < 1.29 is 4.74 Å². The molecule has 0 aromatic heterocycles. The lowest BCUT2D eigenvalue weighted by Gasteiger charge is -2.32. The number of nitrogens with zero attached hydrogens (tertiary/aromatic N) is 3. The van der Waals surface area contributed by atoms with Crippen molar-refractivity contribution in [3.05, 3.63) is 65.2 Å². The monoisotopic (exact) mass is 409 g/mol. The van der Waals surface area contributed by atoms with Crippen LogP contribution in [-0.2, 0) is 19.6 Å². The smallest absolute Gasteiger partial charge is 0.191 e. The fraction of sp³-hybridized carbons (Fsp3) is 0.458. The van der Waals surface area contributed by atoms with Gasteiger partial charge in [-0.15, -0.1) is 0 Å². The van der Waals surface area contributed by atoms with Gasteiger partial charge < -0.3 is 20.3 Å². The van der Waals surface area contributed by atoms with E-state index in [2.05, 4.69) is 64.7 Å². The van der Waals surface area contributed by atoms with E-state index in [1.54, 1.807) is 7.11 Å². The van der Waals surface area contributed by atoms with E-state index >= 15 is 0 Å². The average Bonchev–Trinajstić information content (AvgIpc) is 2.78. The molecule has 2 N–H and O–H groups in total. The van der Waals surface area contributed by atoms with Crippen LogP contribution in [0.2, 0.25) is 0 Å². The first-order valence-corrected chi connectivity index (χ1v) is 10.8. The number of nitrogens with one attached hydrogen (secondary N) is 2. The Labute approximate surface area is 180 Å². The number of hydrogen-bond acceptors (Lipinski definition) is 4. The van der Waals surface area contributed by atoms with E-state index in [-0.39, 0.29) is 0 Å². The van der Waals surface area contributed by atoms with Crippen LogP contribution >= 0.6 is 0 Å². The van der Waals surface area contributed by atoms with E-state index in [0.29, 0.717) is 6.54 Å². The summed E-state index contributed by atoms with van der Waals surface area (Å²) in [5.74, 6) is 1.68. The molecule has 0 radical (unpaired) electrons. The quantitative estimate of drug-likeness (QED) is 0.519. The zero-order valence-electron chi connectivity index (χ0n) is 18.5. The molecule has 3 rings (SSSR count). The van der Waals surface area contributed by atoms with Gasteiger partial charge in [0.2, 0.25) is 0 Å². The third kappa shape index (κ3) is 7.04. The Morgan fingerprint density at radius 3 is 2.40 bits per heavy atom. The van der Waals surface area contributed by atoms with Crippen LogP contribution < -0.4 is 15.4 Å². The zero-order chi connectivity index (χ0) is 21.2. The molecule has 0 amide bonds. The Morgan fingerprint density at radius 1 is 0.967 bits per heavy atom. The molecule has 0 spiro atoms. The van der Waals surface area contributed by atoms with Gasteiger partial charge in [-0.3, -0.25) is 4.90 Å². The summed E-state index contributed by atoms with van der Waals surface area (Å²) >= 11 is 0. The summed E-state index contributed by atoms with van der Waals surface area (Å²) < 4.78 is 5.29. The minimum absolute atomic E-state index is 0.608. The van der Waals surface area contributed by atoms with E-state index in [0.717, 1.165) is 63.1 Å². The number of ether oxygens (including phenoxy) is 1. The zero-order valence-corrected chi connectivity index (χ0v) is 18.5. The molecule has 1 saturated heterocycles. The molecule has 162 valence electrons. The van der Waals surface area contributed by atoms with Gasteiger partial charge in [0.05, 0.1) is 13.7 Å². The van der Waals surface area contributed by atoms with Gasteiger partial charge in [-0.25, -0.2) is 4.99 Å². The Morgan fingerprint density at radius 2 is 1.70 bits per heavy atom. The van der Waals surface area contributed by atoms with Crippen LogP contribution in [0.3, 0.4) is 0 Å². The fourth-order valence-corrected chi connectivity index (χ4v) is 3.50. The molecule has 1 aliphatic heterocycles.